The van der Waals surface area contributed by atoms with Gasteiger partial charge in [-0.1, -0.05) is 12.1 Å². The number of methoxy groups -OCH3 is 1. The monoisotopic (exact) mass is 477 g/mol. The minimum Gasteiger partial charge on any atom is -0.494 e. The first-order chi connectivity index (χ1) is 17.0. The highest BCUT2D eigenvalue weighted by molar-refractivity contribution is 6.04. The van der Waals surface area contributed by atoms with Gasteiger partial charge in [-0.3, -0.25) is 14.9 Å². The van der Waals surface area contributed by atoms with Gasteiger partial charge in [0.15, 0.2) is 0 Å². The van der Waals surface area contributed by atoms with Crippen LogP contribution in [-0.2, 0) is 4.79 Å². The van der Waals surface area contributed by atoms with Gasteiger partial charge in [-0.25, -0.2) is 4.98 Å². The second kappa shape index (κ2) is 11.1. The molecule has 10 heteroatoms. The lowest BCUT2D eigenvalue weighted by atomic mass is 10.1. The lowest BCUT2D eigenvalue weighted by Gasteiger charge is -2.26. The Morgan fingerprint density at radius 1 is 1.23 bits per heavy atom. The molecule has 0 spiro atoms. The molecule has 1 saturated heterocycles. The third-order valence-corrected chi connectivity index (χ3v) is 6.02. The number of aromatic nitrogens is 4. The third kappa shape index (κ3) is 5.65. The molecule has 0 aliphatic carbocycles. The van der Waals surface area contributed by atoms with Gasteiger partial charge in [0.1, 0.15) is 11.3 Å². The van der Waals surface area contributed by atoms with Gasteiger partial charge in [-0.2, -0.15) is 10.2 Å². The van der Waals surface area contributed by atoms with E-state index in [4.69, 9.17) is 9.72 Å². The van der Waals surface area contributed by atoms with E-state index in [1.165, 1.54) is 12.4 Å². The van der Waals surface area contributed by atoms with E-state index in [1.54, 1.807) is 19.3 Å². The van der Waals surface area contributed by atoms with Crippen LogP contribution in [0, 0.1) is 0 Å². The Morgan fingerprint density at radius 3 is 2.83 bits per heavy atom. The molecule has 184 valence electrons. The van der Waals surface area contributed by atoms with Crippen molar-refractivity contribution >= 4 is 28.8 Å². The molecule has 2 aromatic heterocycles. The molecule has 1 fully saturated rings. The molecule has 0 bridgehead atoms. The Kier molecular flexibility index (Phi) is 7.71. The van der Waals surface area contributed by atoms with Crippen LogP contribution in [0.1, 0.15) is 35.7 Å². The maximum atomic E-state index is 13.0. The number of hydrogen-bond acceptors (Lipinski definition) is 7. The first-order valence-electron chi connectivity index (χ1n) is 11.7. The quantitative estimate of drug-likeness (QED) is 0.522. The number of fused-ring (bicyclic) bond motifs is 1. The van der Waals surface area contributed by atoms with Gasteiger partial charge in [0, 0.05) is 25.7 Å². The van der Waals surface area contributed by atoms with E-state index in [9.17, 15) is 9.59 Å². The first-order valence-corrected chi connectivity index (χ1v) is 11.7. The highest BCUT2D eigenvalue weighted by atomic mass is 16.5. The average molecular weight is 478 g/mol. The summed E-state index contributed by atoms with van der Waals surface area (Å²) in [6.07, 6.45) is 9.12. The number of hydrogen-bond donors (Lipinski definition) is 1. The number of carbonyl (C=O) groups is 2. The molecule has 3 heterocycles. The van der Waals surface area contributed by atoms with E-state index in [2.05, 4.69) is 15.5 Å². The van der Waals surface area contributed by atoms with Crippen molar-refractivity contribution in [3.63, 3.8) is 0 Å². The van der Waals surface area contributed by atoms with Crippen molar-refractivity contribution in [1.29, 1.82) is 0 Å². The van der Waals surface area contributed by atoms with Gasteiger partial charge < -0.3 is 19.1 Å². The van der Waals surface area contributed by atoms with Crippen molar-refractivity contribution in [1.82, 2.24) is 29.5 Å². The Balaban J connectivity index is 1.70. The van der Waals surface area contributed by atoms with Crippen LogP contribution in [0.4, 0.5) is 5.95 Å². The Labute approximate surface area is 204 Å². The van der Waals surface area contributed by atoms with Gasteiger partial charge >= 0.3 is 0 Å². The number of nitrogens with one attached hydrogen (secondary N) is 1. The standard InChI is InChI=1S/C25H31N7O3/c1-30(2)14-7-11-22(33)31-15-5-4-8-19(17-31)32-23-20(9-6-10-21(23)35-3)28-25(32)29-24(34)18-12-13-26-27-16-18/h6-7,9-13,16,19H,4-5,8,14-15,17H2,1-3H3,(H,28,29,34)/t19-/m1/s1. The fraction of sp³-hybridized carbons (Fsp3) is 0.400. The number of anilines is 1. The van der Waals surface area contributed by atoms with Gasteiger partial charge in [0.2, 0.25) is 11.9 Å². The highest BCUT2D eigenvalue weighted by Crippen LogP contribution is 2.35. The van der Waals surface area contributed by atoms with Crippen molar-refractivity contribution in [2.45, 2.75) is 25.3 Å². The summed E-state index contributed by atoms with van der Waals surface area (Å²) in [6, 6.07) is 7.15. The van der Waals surface area contributed by atoms with Crippen LogP contribution in [0.5, 0.6) is 5.75 Å². The van der Waals surface area contributed by atoms with Gasteiger partial charge in [-0.15, -0.1) is 0 Å². The lowest BCUT2D eigenvalue weighted by Crippen LogP contribution is -2.34. The number of ether oxygens (including phenoxy) is 1. The fourth-order valence-electron chi connectivity index (χ4n) is 4.32. The summed E-state index contributed by atoms with van der Waals surface area (Å²) < 4.78 is 7.66. The van der Waals surface area contributed by atoms with E-state index in [-0.39, 0.29) is 17.9 Å². The maximum absolute atomic E-state index is 13.0. The molecule has 2 amide bonds. The smallest absolute Gasteiger partial charge is 0.259 e. The summed E-state index contributed by atoms with van der Waals surface area (Å²) in [4.78, 5) is 34.5. The molecule has 1 aliphatic rings. The average Bonchev–Trinajstić information content (AvgIpc) is 3.05. The summed E-state index contributed by atoms with van der Waals surface area (Å²) in [6.45, 7) is 1.90. The summed E-state index contributed by atoms with van der Waals surface area (Å²) in [7, 11) is 5.55. The zero-order valence-corrected chi connectivity index (χ0v) is 20.3. The number of benzene rings is 1. The van der Waals surface area contributed by atoms with Crippen LogP contribution in [0.2, 0.25) is 0 Å². The number of nitrogens with zero attached hydrogens (tertiary/aromatic N) is 6. The largest absolute Gasteiger partial charge is 0.494 e. The highest BCUT2D eigenvalue weighted by Gasteiger charge is 2.28. The lowest BCUT2D eigenvalue weighted by molar-refractivity contribution is -0.126. The first kappa shape index (κ1) is 24.3. The zero-order chi connectivity index (χ0) is 24.8. The molecule has 1 N–H and O–H groups in total. The Morgan fingerprint density at radius 2 is 2.09 bits per heavy atom. The second-order valence-electron chi connectivity index (χ2n) is 8.82. The van der Waals surface area contributed by atoms with Crippen molar-refractivity contribution in [2.24, 2.45) is 0 Å². The minimum atomic E-state index is -0.330. The van der Waals surface area contributed by atoms with E-state index in [0.717, 1.165) is 24.8 Å². The molecule has 3 aromatic rings. The Hall–Kier alpha value is -3.79. The van der Waals surface area contributed by atoms with Crippen molar-refractivity contribution in [2.75, 3.05) is 46.2 Å². The number of rotatable bonds is 7. The number of imidazole rings is 1. The molecule has 0 unspecified atom stereocenters. The van der Waals surface area contributed by atoms with Gasteiger partial charge in [0.05, 0.1) is 36.6 Å². The van der Waals surface area contributed by atoms with Crippen molar-refractivity contribution in [3.05, 3.63) is 54.4 Å². The van der Waals surface area contributed by atoms with Crippen LogP contribution in [0.25, 0.3) is 11.0 Å². The van der Waals surface area contributed by atoms with Crippen molar-refractivity contribution in [3.8, 4) is 5.75 Å². The van der Waals surface area contributed by atoms with E-state index < -0.39 is 0 Å². The number of likely N-dealkylation sites (N-methyl/N-ethyl adjacent to an activating group) is 1. The molecule has 1 aromatic carbocycles. The van der Waals surface area contributed by atoms with Crippen LogP contribution in [-0.4, -0.2) is 82.2 Å². The van der Waals surface area contributed by atoms with E-state index in [0.29, 0.717) is 42.4 Å². The van der Waals surface area contributed by atoms with Crippen LogP contribution in [0.3, 0.4) is 0 Å². The molecule has 1 aliphatic heterocycles. The maximum Gasteiger partial charge on any atom is 0.259 e. The number of para-hydroxylation sites is 1. The zero-order valence-electron chi connectivity index (χ0n) is 20.3. The third-order valence-electron chi connectivity index (χ3n) is 6.02. The molecular weight excluding hydrogens is 446 g/mol. The SMILES string of the molecule is COc1cccc2nc(NC(=O)c3ccnnc3)n([C@@H]3CCCCN(C(=O)C=CCN(C)C)C3)c12. The second-order valence-corrected chi connectivity index (χ2v) is 8.82. The molecule has 10 nitrogen and oxygen atoms in total. The molecule has 1 atom stereocenters. The van der Waals surface area contributed by atoms with Crippen LogP contribution < -0.4 is 10.1 Å². The molecular formula is C25H31N7O3. The van der Waals surface area contributed by atoms with Crippen molar-refractivity contribution < 1.29 is 14.3 Å². The van der Waals surface area contributed by atoms with E-state index >= 15 is 0 Å². The molecule has 4 rings (SSSR count). The molecule has 35 heavy (non-hydrogen) atoms. The summed E-state index contributed by atoms with van der Waals surface area (Å²) >= 11 is 0. The van der Waals surface area contributed by atoms with Gasteiger partial charge in [-0.05, 0) is 51.6 Å². The number of carbonyl (C=O) groups excluding carboxylic acids is 2. The van der Waals surface area contributed by atoms with Gasteiger partial charge in [0.25, 0.3) is 5.91 Å². The minimum absolute atomic E-state index is 0.0106. The summed E-state index contributed by atoms with van der Waals surface area (Å²) in [5.74, 6) is 0.731. The summed E-state index contributed by atoms with van der Waals surface area (Å²) in [5.41, 5.74) is 1.88. The predicted molar refractivity (Wildman–Crippen MR) is 133 cm³/mol. The summed E-state index contributed by atoms with van der Waals surface area (Å²) in [5, 5.41) is 10.5. The van der Waals surface area contributed by atoms with Crippen LogP contribution >= 0.6 is 0 Å². The normalized spacial score (nSPS) is 16.6. The topological polar surface area (TPSA) is 105 Å². The number of likely N-dealkylation sites (tertiary alicyclic amines) is 1. The van der Waals surface area contributed by atoms with E-state index in [1.807, 2.05) is 52.7 Å². The molecule has 0 radical (unpaired) electrons. The fourth-order valence-corrected chi connectivity index (χ4v) is 4.32. The molecule has 0 saturated carbocycles. The Bertz CT molecular complexity index is 1210. The number of amides is 2. The predicted octanol–water partition coefficient (Wildman–Crippen LogP) is 2.76. The van der Waals surface area contributed by atoms with Crippen LogP contribution in [0.15, 0.2) is 48.8 Å².